The summed E-state index contributed by atoms with van der Waals surface area (Å²) in [6.07, 6.45) is 1.64. The molecular weight excluding hydrogens is 327 g/mol. The lowest BCUT2D eigenvalue weighted by molar-refractivity contribution is 0.0747. The minimum Gasteiger partial charge on any atom is -0.435 e. The first kappa shape index (κ1) is 16.2. The molecule has 2 fully saturated rings. The maximum Gasteiger partial charge on any atom is 0.291 e. The highest BCUT2D eigenvalue weighted by Gasteiger charge is 2.32. The number of alkyl halides is 1. The van der Waals surface area contributed by atoms with Gasteiger partial charge in [-0.2, -0.15) is 5.10 Å². The summed E-state index contributed by atoms with van der Waals surface area (Å²) in [7, 11) is 1.68. The van der Waals surface area contributed by atoms with Crippen molar-refractivity contribution >= 4 is 5.91 Å². The molecule has 4 rings (SSSR count). The number of carbonyl (C=O) groups is 1. The molecule has 1 aliphatic carbocycles. The molecule has 1 saturated heterocycles. The van der Waals surface area contributed by atoms with Gasteiger partial charge in [-0.25, -0.2) is 14.4 Å². The van der Waals surface area contributed by atoms with Crippen molar-refractivity contribution in [3.8, 4) is 0 Å². The quantitative estimate of drug-likeness (QED) is 0.852. The molecule has 0 unspecified atom stereocenters. The van der Waals surface area contributed by atoms with Gasteiger partial charge >= 0.3 is 0 Å². The third-order valence-corrected chi connectivity index (χ3v) is 4.61. The zero-order chi connectivity index (χ0) is 17.6. The molecule has 25 heavy (non-hydrogen) atoms. The largest absolute Gasteiger partial charge is 0.435 e. The lowest BCUT2D eigenvalue weighted by Gasteiger charge is -2.13. The molecule has 2 N–H and O–H groups in total. The fourth-order valence-corrected chi connectivity index (χ4v) is 3.02. The Morgan fingerprint density at radius 2 is 2.20 bits per heavy atom. The van der Waals surface area contributed by atoms with E-state index in [4.69, 9.17) is 4.42 Å². The van der Waals surface area contributed by atoms with Gasteiger partial charge in [0.15, 0.2) is 11.7 Å². The highest BCUT2D eigenvalue weighted by molar-refractivity contribution is 5.92. The van der Waals surface area contributed by atoms with Crippen molar-refractivity contribution in [3.63, 3.8) is 0 Å². The summed E-state index contributed by atoms with van der Waals surface area (Å²) in [6, 6.07) is -0.182. The standard InChI is InChI=1S/C16H21FN6O2/c1-8-13(25-15(19-8)9-3-4-9)16(24)23(2)7-12-20-14(22-21-12)11-5-10(17)6-18-11/h9-11,18H,3-7H2,1-2H3,(H,20,21,22)/t10-,11+/m0/s1. The third kappa shape index (κ3) is 3.28. The predicted octanol–water partition coefficient (Wildman–Crippen LogP) is 1.62. The maximum atomic E-state index is 13.3. The number of hydrogen-bond donors (Lipinski definition) is 2. The van der Waals surface area contributed by atoms with Gasteiger partial charge < -0.3 is 14.6 Å². The van der Waals surface area contributed by atoms with E-state index in [2.05, 4.69) is 25.5 Å². The van der Waals surface area contributed by atoms with Crippen LogP contribution in [0.4, 0.5) is 4.39 Å². The minimum absolute atomic E-state index is 0.182. The van der Waals surface area contributed by atoms with Crippen LogP contribution in [0, 0.1) is 6.92 Å². The molecular formula is C16H21FN6O2. The van der Waals surface area contributed by atoms with Crippen LogP contribution in [0.15, 0.2) is 4.42 Å². The third-order valence-electron chi connectivity index (χ3n) is 4.61. The summed E-state index contributed by atoms with van der Waals surface area (Å²) in [5, 5.41) is 9.99. The Balaban J connectivity index is 1.42. The number of halogens is 1. The van der Waals surface area contributed by atoms with Gasteiger partial charge in [0.05, 0.1) is 18.3 Å². The van der Waals surface area contributed by atoms with E-state index in [0.717, 1.165) is 12.8 Å². The Labute approximate surface area is 144 Å². The second kappa shape index (κ2) is 6.21. The van der Waals surface area contributed by atoms with Crippen molar-refractivity contribution in [1.29, 1.82) is 0 Å². The number of aryl methyl sites for hydroxylation is 1. The van der Waals surface area contributed by atoms with Crippen LogP contribution in [0.3, 0.4) is 0 Å². The highest BCUT2D eigenvalue weighted by Crippen LogP contribution is 2.40. The molecule has 2 aliphatic rings. The minimum atomic E-state index is -0.869. The van der Waals surface area contributed by atoms with Gasteiger partial charge in [-0.1, -0.05) is 0 Å². The van der Waals surface area contributed by atoms with E-state index in [0.29, 0.717) is 42.1 Å². The van der Waals surface area contributed by atoms with Crippen LogP contribution in [0.5, 0.6) is 0 Å². The van der Waals surface area contributed by atoms with Crippen molar-refractivity contribution in [2.45, 2.75) is 50.9 Å². The van der Waals surface area contributed by atoms with Crippen molar-refractivity contribution in [2.75, 3.05) is 13.6 Å². The number of aromatic amines is 1. The number of H-pyrrole nitrogens is 1. The van der Waals surface area contributed by atoms with Gasteiger partial charge in [0, 0.05) is 25.9 Å². The Morgan fingerprint density at radius 3 is 2.88 bits per heavy atom. The van der Waals surface area contributed by atoms with Gasteiger partial charge in [-0.15, -0.1) is 0 Å². The van der Waals surface area contributed by atoms with E-state index >= 15 is 0 Å². The molecule has 134 valence electrons. The van der Waals surface area contributed by atoms with Crippen LogP contribution in [0.25, 0.3) is 0 Å². The summed E-state index contributed by atoms with van der Waals surface area (Å²) >= 11 is 0. The first-order valence-corrected chi connectivity index (χ1v) is 8.52. The molecule has 0 bridgehead atoms. The first-order valence-electron chi connectivity index (χ1n) is 8.52. The Bertz CT molecular complexity index is 783. The summed E-state index contributed by atoms with van der Waals surface area (Å²) in [6.45, 7) is 2.36. The molecule has 1 aliphatic heterocycles. The van der Waals surface area contributed by atoms with Gasteiger partial charge in [0.2, 0.25) is 5.76 Å². The number of oxazole rings is 1. The average Bonchev–Trinajstić information content (AvgIpc) is 2.98. The highest BCUT2D eigenvalue weighted by atomic mass is 19.1. The van der Waals surface area contributed by atoms with Crippen molar-refractivity contribution in [1.82, 2.24) is 30.4 Å². The Kier molecular flexibility index (Phi) is 4.03. The number of nitrogens with one attached hydrogen (secondary N) is 2. The SMILES string of the molecule is Cc1nc(C2CC2)oc1C(=O)N(C)Cc1nc([C@H]2C[C@H](F)CN2)n[nH]1. The summed E-state index contributed by atoms with van der Waals surface area (Å²) in [5.74, 6) is 2.14. The van der Waals surface area contributed by atoms with Crippen molar-refractivity contribution in [3.05, 3.63) is 29.0 Å². The molecule has 3 heterocycles. The summed E-state index contributed by atoms with van der Waals surface area (Å²) < 4.78 is 18.9. The van der Waals surface area contributed by atoms with Crippen LogP contribution in [0.1, 0.15) is 65.0 Å². The molecule has 0 radical (unpaired) electrons. The van der Waals surface area contributed by atoms with E-state index in [9.17, 15) is 9.18 Å². The number of carbonyl (C=O) groups excluding carboxylic acids is 1. The van der Waals surface area contributed by atoms with Crippen molar-refractivity contribution < 1.29 is 13.6 Å². The second-order valence-electron chi connectivity index (χ2n) is 6.84. The van der Waals surface area contributed by atoms with Crippen LogP contribution in [0.2, 0.25) is 0 Å². The van der Waals surface area contributed by atoms with E-state index in [-0.39, 0.29) is 24.3 Å². The van der Waals surface area contributed by atoms with Crippen LogP contribution in [-0.4, -0.2) is 50.7 Å². The van der Waals surface area contributed by atoms with Crippen LogP contribution >= 0.6 is 0 Å². The summed E-state index contributed by atoms with van der Waals surface area (Å²) in [5.41, 5.74) is 0.612. The topological polar surface area (TPSA) is 99.9 Å². The molecule has 0 aromatic carbocycles. The molecule has 1 amide bonds. The van der Waals surface area contributed by atoms with Gasteiger partial charge in [-0.3, -0.25) is 9.89 Å². The normalized spacial score (nSPS) is 23.2. The molecule has 2 aromatic heterocycles. The summed E-state index contributed by atoms with van der Waals surface area (Å²) in [4.78, 5) is 22.8. The van der Waals surface area contributed by atoms with Crippen LogP contribution < -0.4 is 5.32 Å². The molecule has 8 nitrogen and oxygen atoms in total. The fourth-order valence-electron chi connectivity index (χ4n) is 3.02. The lowest BCUT2D eigenvalue weighted by atomic mass is 10.2. The van der Waals surface area contributed by atoms with E-state index in [1.165, 1.54) is 4.90 Å². The monoisotopic (exact) mass is 348 g/mol. The molecule has 1 saturated carbocycles. The molecule has 9 heteroatoms. The molecule has 0 spiro atoms. The van der Waals surface area contributed by atoms with Gasteiger partial charge in [0.25, 0.3) is 5.91 Å². The fraction of sp³-hybridized carbons (Fsp3) is 0.625. The Morgan fingerprint density at radius 1 is 1.40 bits per heavy atom. The maximum absolute atomic E-state index is 13.3. The van der Waals surface area contributed by atoms with Gasteiger partial charge in [-0.05, 0) is 19.8 Å². The zero-order valence-electron chi connectivity index (χ0n) is 14.3. The lowest BCUT2D eigenvalue weighted by Crippen LogP contribution is -2.27. The molecule has 2 aromatic rings. The Hall–Kier alpha value is -2.29. The van der Waals surface area contributed by atoms with E-state index < -0.39 is 6.17 Å². The number of rotatable bonds is 5. The van der Waals surface area contributed by atoms with E-state index in [1.54, 1.807) is 14.0 Å². The smallest absolute Gasteiger partial charge is 0.291 e. The second-order valence-corrected chi connectivity index (χ2v) is 6.84. The number of hydrogen-bond acceptors (Lipinski definition) is 6. The number of nitrogens with zero attached hydrogens (tertiary/aromatic N) is 4. The van der Waals surface area contributed by atoms with Gasteiger partial charge in [0.1, 0.15) is 12.0 Å². The van der Waals surface area contributed by atoms with Crippen LogP contribution in [-0.2, 0) is 6.54 Å². The van der Waals surface area contributed by atoms with E-state index in [1.807, 2.05) is 0 Å². The predicted molar refractivity (Wildman–Crippen MR) is 85.7 cm³/mol. The number of aromatic nitrogens is 4. The first-order chi connectivity index (χ1) is 12.0. The zero-order valence-corrected chi connectivity index (χ0v) is 14.3. The number of amides is 1. The average molecular weight is 348 g/mol. The molecule has 2 atom stereocenters. The van der Waals surface area contributed by atoms with Crippen molar-refractivity contribution in [2.24, 2.45) is 0 Å².